The molecule has 0 fully saturated rings. The van der Waals surface area contributed by atoms with E-state index in [-0.39, 0.29) is 22.9 Å². The molecule has 0 saturated carbocycles. The van der Waals surface area contributed by atoms with Gasteiger partial charge in [0.1, 0.15) is 18.0 Å². The number of hydrogen-bond acceptors (Lipinski definition) is 7. The number of nitro groups is 1. The van der Waals surface area contributed by atoms with Crippen LogP contribution < -0.4 is 10.6 Å². The van der Waals surface area contributed by atoms with Crippen LogP contribution in [0.3, 0.4) is 0 Å². The standard InChI is InChI=1S/C17H11F2N5O4/c18-10-3-6-13(12(19)7-10)23-16-14(24(27)28)15(20-8-21-16)22-11-4-1-9(2-5-11)17(25)26/h1-8H,(H,25,26)(H2,20,21,22,23). The van der Waals surface area contributed by atoms with Crippen LogP contribution >= 0.6 is 0 Å². The minimum Gasteiger partial charge on any atom is -0.478 e. The lowest BCUT2D eigenvalue weighted by Gasteiger charge is -2.11. The van der Waals surface area contributed by atoms with Gasteiger partial charge < -0.3 is 15.7 Å². The van der Waals surface area contributed by atoms with Crippen LogP contribution in [-0.2, 0) is 0 Å². The molecule has 0 aliphatic carbocycles. The average Bonchev–Trinajstić information content (AvgIpc) is 2.64. The summed E-state index contributed by atoms with van der Waals surface area (Å²) < 4.78 is 26.9. The molecular weight excluding hydrogens is 376 g/mol. The summed E-state index contributed by atoms with van der Waals surface area (Å²) in [5, 5.41) is 25.6. The quantitative estimate of drug-likeness (QED) is 0.429. The molecule has 11 heteroatoms. The number of hydrogen-bond donors (Lipinski definition) is 3. The summed E-state index contributed by atoms with van der Waals surface area (Å²) in [6.45, 7) is 0. The van der Waals surface area contributed by atoms with Gasteiger partial charge >= 0.3 is 11.7 Å². The Labute approximate surface area is 155 Å². The van der Waals surface area contributed by atoms with Crippen molar-refractivity contribution in [2.45, 2.75) is 0 Å². The zero-order chi connectivity index (χ0) is 20.3. The van der Waals surface area contributed by atoms with Crippen LogP contribution in [0.15, 0.2) is 48.8 Å². The Balaban J connectivity index is 1.95. The van der Waals surface area contributed by atoms with Crippen molar-refractivity contribution in [1.82, 2.24) is 9.97 Å². The van der Waals surface area contributed by atoms with Gasteiger partial charge in [0.25, 0.3) is 0 Å². The number of rotatable bonds is 6. The first kappa shape index (κ1) is 18.6. The molecule has 0 atom stereocenters. The number of anilines is 4. The van der Waals surface area contributed by atoms with Gasteiger partial charge in [-0.05, 0) is 36.4 Å². The highest BCUT2D eigenvalue weighted by molar-refractivity contribution is 5.88. The third kappa shape index (κ3) is 3.98. The molecule has 3 rings (SSSR count). The van der Waals surface area contributed by atoms with Crippen molar-refractivity contribution in [1.29, 1.82) is 0 Å². The van der Waals surface area contributed by atoms with Crippen molar-refractivity contribution in [3.8, 4) is 0 Å². The zero-order valence-electron chi connectivity index (χ0n) is 13.9. The van der Waals surface area contributed by atoms with E-state index in [0.29, 0.717) is 11.8 Å². The Kier molecular flexibility index (Phi) is 5.07. The van der Waals surface area contributed by atoms with E-state index >= 15 is 0 Å². The zero-order valence-corrected chi connectivity index (χ0v) is 13.9. The van der Waals surface area contributed by atoms with Gasteiger partial charge in [-0.15, -0.1) is 0 Å². The smallest absolute Gasteiger partial charge is 0.353 e. The summed E-state index contributed by atoms with van der Waals surface area (Å²) in [6.07, 6.45) is 1.02. The molecule has 28 heavy (non-hydrogen) atoms. The Bertz CT molecular complexity index is 1060. The van der Waals surface area contributed by atoms with E-state index in [1.807, 2.05) is 0 Å². The number of carboxylic acids is 1. The second-order valence-corrected chi connectivity index (χ2v) is 5.43. The van der Waals surface area contributed by atoms with Crippen molar-refractivity contribution in [2.24, 2.45) is 0 Å². The fourth-order valence-corrected chi connectivity index (χ4v) is 2.29. The van der Waals surface area contributed by atoms with Crippen molar-refractivity contribution in [3.05, 3.63) is 76.1 Å². The van der Waals surface area contributed by atoms with Gasteiger partial charge in [0.15, 0.2) is 0 Å². The van der Waals surface area contributed by atoms with Gasteiger partial charge in [0.2, 0.25) is 11.6 Å². The minimum absolute atomic E-state index is 0.0388. The molecule has 9 nitrogen and oxygen atoms in total. The number of aromatic nitrogens is 2. The first-order valence-corrected chi connectivity index (χ1v) is 7.67. The molecule has 1 aromatic heterocycles. The molecule has 0 amide bonds. The Hall–Kier alpha value is -4.15. The summed E-state index contributed by atoms with van der Waals surface area (Å²) in [5.74, 6) is -3.38. The number of nitrogens with one attached hydrogen (secondary N) is 2. The monoisotopic (exact) mass is 387 g/mol. The van der Waals surface area contributed by atoms with Gasteiger partial charge in [-0.2, -0.15) is 0 Å². The lowest BCUT2D eigenvalue weighted by molar-refractivity contribution is -0.383. The molecule has 3 aromatic rings. The van der Waals surface area contributed by atoms with E-state index in [4.69, 9.17) is 5.11 Å². The fourth-order valence-electron chi connectivity index (χ4n) is 2.29. The predicted octanol–water partition coefficient (Wildman–Crippen LogP) is 3.85. The van der Waals surface area contributed by atoms with Gasteiger partial charge in [-0.3, -0.25) is 10.1 Å². The second-order valence-electron chi connectivity index (χ2n) is 5.43. The lowest BCUT2D eigenvalue weighted by Crippen LogP contribution is -2.06. The fraction of sp³-hybridized carbons (Fsp3) is 0. The molecule has 0 bridgehead atoms. The first-order valence-electron chi connectivity index (χ1n) is 7.67. The molecule has 0 aliphatic heterocycles. The summed E-state index contributed by atoms with van der Waals surface area (Å²) in [7, 11) is 0. The van der Waals surface area contributed by atoms with Gasteiger partial charge in [-0.25, -0.2) is 23.5 Å². The number of aromatic carboxylic acids is 1. The van der Waals surface area contributed by atoms with Crippen LogP contribution in [0.1, 0.15) is 10.4 Å². The van der Waals surface area contributed by atoms with Crippen molar-refractivity contribution in [2.75, 3.05) is 10.6 Å². The summed E-state index contributed by atoms with van der Waals surface area (Å²) in [4.78, 5) is 29.2. The van der Waals surface area contributed by atoms with E-state index in [1.165, 1.54) is 24.3 Å². The maximum Gasteiger partial charge on any atom is 0.353 e. The van der Waals surface area contributed by atoms with Gasteiger partial charge in [0.05, 0.1) is 16.2 Å². The lowest BCUT2D eigenvalue weighted by atomic mass is 10.2. The van der Waals surface area contributed by atoms with Gasteiger partial charge in [0, 0.05) is 11.8 Å². The molecule has 0 aliphatic rings. The van der Waals surface area contributed by atoms with E-state index in [0.717, 1.165) is 18.5 Å². The van der Waals surface area contributed by atoms with Crippen molar-refractivity contribution >= 4 is 34.7 Å². The van der Waals surface area contributed by atoms with E-state index in [1.54, 1.807) is 0 Å². The van der Waals surface area contributed by atoms with Crippen LogP contribution in [-0.4, -0.2) is 26.0 Å². The second kappa shape index (κ2) is 7.61. The number of benzene rings is 2. The highest BCUT2D eigenvalue weighted by Gasteiger charge is 2.24. The molecule has 0 saturated heterocycles. The molecule has 0 radical (unpaired) electrons. The Morgan fingerprint density at radius 2 is 1.68 bits per heavy atom. The van der Waals surface area contributed by atoms with E-state index < -0.39 is 28.2 Å². The van der Waals surface area contributed by atoms with Crippen LogP contribution in [0.5, 0.6) is 0 Å². The van der Waals surface area contributed by atoms with Crippen molar-refractivity contribution in [3.63, 3.8) is 0 Å². The summed E-state index contributed by atoms with van der Waals surface area (Å²) in [6, 6.07) is 8.12. The Morgan fingerprint density at radius 1 is 1.04 bits per heavy atom. The SMILES string of the molecule is O=C(O)c1ccc(Nc2ncnc(Nc3ccc(F)cc3F)c2[N+](=O)[O-])cc1. The van der Waals surface area contributed by atoms with Crippen LogP contribution in [0.2, 0.25) is 0 Å². The molecule has 2 aromatic carbocycles. The molecule has 1 heterocycles. The predicted molar refractivity (Wildman–Crippen MR) is 95.0 cm³/mol. The maximum absolute atomic E-state index is 13.8. The van der Waals surface area contributed by atoms with E-state index in [9.17, 15) is 23.7 Å². The Morgan fingerprint density at radius 3 is 2.25 bits per heavy atom. The summed E-state index contributed by atoms with van der Waals surface area (Å²) >= 11 is 0. The maximum atomic E-state index is 13.8. The molecule has 142 valence electrons. The third-order valence-corrected chi connectivity index (χ3v) is 3.58. The first-order chi connectivity index (χ1) is 13.3. The number of nitrogens with zero attached hydrogens (tertiary/aromatic N) is 3. The average molecular weight is 387 g/mol. The van der Waals surface area contributed by atoms with Crippen molar-refractivity contribution < 1.29 is 23.6 Å². The highest BCUT2D eigenvalue weighted by atomic mass is 19.1. The summed E-state index contributed by atoms with van der Waals surface area (Å²) in [5.41, 5.74) is -0.406. The number of carboxylic acid groups (broad SMARTS) is 1. The van der Waals surface area contributed by atoms with Crippen LogP contribution in [0, 0.1) is 21.7 Å². The molecular formula is C17H11F2N5O4. The molecule has 0 spiro atoms. The molecule has 0 unspecified atom stereocenters. The third-order valence-electron chi connectivity index (χ3n) is 3.58. The van der Waals surface area contributed by atoms with Crippen LogP contribution in [0.25, 0.3) is 0 Å². The number of carbonyl (C=O) groups is 1. The highest BCUT2D eigenvalue weighted by Crippen LogP contribution is 2.33. The van der Waals surface area contributed by atoms with E-state index in [2.05, 4.69) is 20.6 Å². The minimum atomic E-state index is -1.12. The van der Waals surface area contributed by atoms with Gasteiger partial charge in [-0.1, -0.05) is 0 Å². The normalized spacial score (nSPS) is 10.4. The largest absolute Gasteiger partial charge is 0.478 e. The topological polar surface area (TPSA) is 130 Å². The molecule has 3 N–H and O–H groups in total. The number of halogens is 2. The van der Waals surface area contributed by atoms with Crippen LogP contribution in [0.4, 0.5) is 37.5 Å².